The van der Waals surface area contributed by atoms with Crippen molar-refractivity contribution < 1.29 is 4.79 Å². The van der Waals surface area contributed by atoms with Gasteiger partial charge in [-0.2, -0.15) is 0 Å². The second-order valence-corrected chi connectivity index (χ2v) is 5.11. The minimum Gasteiger partial charge on any atom is -0.385 e. The number of carbonyl (C=O) groups is 1. The van der Waals surface area contributed by atoms with Crippen LogP contribution in [0.15, 0.2) is 18.2 Å². The quantitative estimate of drug-likeness (QED) is 0.825. The molecule has 4 heteroatoms. The lowest BCUT2D eigenvalue weighted by molar-refractivity contribution is -0.116. The van der Waals surface area contributed by atoms with Gasteiger partial charge in [-0.1, -0.05) is 19.4 Å². The lowest BCUT2D eigenvalue weighted by atomic mass is 10.0. The molecule has 1 aromatic carbocycles. The first-order chi connectivity index (χ1) is 9.20. The van der Waals surface area contributed by atoms with Gasteiger partial charge in [0, 0.05) is 24.5 Å². The first-order valence-electron chi connectivity index (χ1n) is 7.10. The summed E-state index contributed by atoms with van der Waals surface area (Å²) in [4.78, 5) is 13.3. The summed E-state index contributed by atoms with van der Waals surface area (Å²) in [6.45, 7) is 4.34. The summed E-state index contributed by atoms with van der Waals surface area (Å²) in [5, 5.41) is 3.42. The number of amides is 1. The highest BCUT2D eigenvalue weighted by Crippen LogP contribution is 2.27. The Labute approximate surface area is 115 Å². The number of nitrogens with zero attached hydrogens (tertiary/aromatic N) is 1. The van der Waals surface area contributed by atoms with Gasteiger partial charge >= 0.3 is 0 Å². The summed E-state index contributed by atoms with van der Waals surface area (Å²) in [5.41, 5.74) is 9.00. The summed E-state index contributed by atoms with van der Waals surface area (Å²) in [6.07, 6.45) is 4.50. The van der Waals surface area contributed by atoms with Crippen molar-refractivity contribution in [2.45, 2.75) is 32.6 Å². The number of anilines is 2. The predicted molar refractivity (Wildman–Crippen MR) is 79.6 cm³/mol. The van der Waals surface area contributed by atoms with E-state index in [2.05, 4.69) is 35.3 Å². The van der Waals surface area contributed by atoms with E-state index in [1.807, 2.05) is 0 Å². The normalized spacial score (nSPS) is 13.5. The Kier molecular flexibility index (Phi) is 4.66. The number of aryl methyl sites for hydroxylation is 1. The van der Waals surface area contributed by atoms with E-state index < -0.39 is 0 Å². The van der Waals surface area contributed by atoms with Gasteiger partial charge in [-0.15, -0.1) is 0 Å². The van der Waals surface area contributed by atoms with Crippen LogP contribution < -0.4 is 16.0 Å². The van der Waals surface area contributed by atoms with Crippen LogP contribution in [0, 0.1) is 0 Å². The minimum absolute atomic E-state index is 0.276. The minimum atomic E-state index is -0.276. The maximum atomic E-state index is 11.2. The zero-order chi connectivity index (χ0) is 13.7. The van der Waals surface area contributed by atoms with Crippen molar-refractivity contribution in [3.63, 3.8) is 0 Å². The molecule has 0 radical (unpaired) electrons. The highest BCUT2D eigenvalue weighted by atomic mass is 16.1. The third kappa shape index (κ3) is 3.63. The standard InChI is InChI=1S/C15H23N3O/c1-2-3-9-18(11-15(16)19)13-7-6-12-5-4-8-17-14(12)10-13/h6-7,10,17H,2-5,8-9,11H2,1H3,(H2,16,19). The van der Waals surface area contributed by atoms with Crippen LogP contribution in [0.4, 0.5) is 11.4 Å². The molecule has 1 heterocycles. The number of nitrogens with two attached hydrogens (primary N) is 1. The summed E-state index contributed by atoms with van der Waals surface area (Å²) in [6, 6.07) is 6.41. The van der Waals surface area contributed by atoms with Crippen LogP contribution in [-0.4, -0.2) is 25.5 Å². The van der Waals surface area contributed by atoms with E-state index in [0.29, 0.717) is 6.54 Å². The van der Waals surface area contributed by atoms with Crippen molar-refractivity contribution in [1.82, 2.24) is 0 Å². The summed E-state index contributed by atoms with van der Waals surface area (Å²) >= 11 is 0. The predicted octanol–water partition coefficient (Wildman–Crippen LogP) is 2.14. The zero-order valence-electron chi connectivity index (χ0n) is 11.6. The van der Waals surface area contributed by atoms with Crippen LogP contribution in [0.5, 0.6) is 0 Å². The van der Waals surface area contributed by atoms with E-state index in [1.165, 1.54) is 17.7 Å². The van der Waals surface area contributed by atoms with Crippen molar-refractivity contribution >= 4 is 17.3 Å². The molecule has 0 aliphatic carbocycles. The van der Waals surface area contributed by atoms with E-state index in [-0.39, 0.29) is 5.91 Å². The number of carbonyl (C=O) groups excluding carboxylic acids is 1. The van der Waals surface area contributed by atoms with Gasteiger partial charge in [0.2, 0.25) is 5.91 Å². The molecule has 3 N–H and O–H groups in total. The molecule has 1 aliphatic rings. The molecule has 0 saturated heterocycles. The summed E-state index contributed by atoms with van der Waals surface area (Å²) in [7, 11) is 0. The zero-order valence-corrected chi connectivity index (χ0v) is 11.6. The molecular weight excluding hydrogens is 238 g/mol. The highest BCUT2D eigenvalue weighted by molar-refractivity contribution is 5.80. The molecule has 0 unspecified atom stereocenters. The Morgan fingerprint density at radius 1 is 1.47 bits per heavy atom. The van der Waals surface area contributed by atoms with Gasteiger partial charge in [-0.05, 0) is 37.0 Å². The molecule has 1 aliphatic heterocycles. The lowest BCUT2D eigenvalue weighted by Crippen LogP contribution is -2.34. The van der Waals surface area contributed by atoms with Gasteiger partial charge in [0.25, 0.3) is 0 Å². The number of unbranched alkanes of at least 4 members (excludes halogenated alkanes) is 1. The summed E-state index contributed by atoms with van der Waals surface area (Å²) < 4.78 is 0. The third-order valence-electron chi connectivity index (χ3n) is 3.53. The van der Waals surface area contributed by atoms with E-state index in [4.69, 9.17) is 5.73 Å². The van der Waals surface area contributed by atoms with Crippen molar-refractivity contribution in [1.29, 1.82) is 0 Å². The van der Waals surface area contributed by atoms with E-state index in [0.717, 1.165) is 38.0 Å². The molecule has 0 atom stereocenters. The van der Waals surface area contributed by atoms with Gasteiger partial charge < -0.3 is 16.0 Å². The molecule has 4 nitrogen and oxygen atoms in total. The average molecular weight is 261 g/mol. The number of benzene rings is 1. The molecule has 0 aromatic heterocycles. The van der Waals surface area contributed by atoms with Gasteiger partial charge in [0.05, 0.1) is 6.54 Å². The maximum absolute atomic E-state index is 11.2. The molecule has 0 fully saturated rings. The number of hydrogen-bond acceptors (Lipinski definition) is 3. The molecule has 0 bridgehead atoms. The van der Waals surface area contributed by atoms with Crippen LogP contribution in [0.25, 0.3) is 0 Å². The highest BCUT2D eigenvalue weighted by Gasteiger charge is 2.13. The maximum Gasteiger partial charge on any atom is 0.236 e. The fourth-order valence-electron chi connectivity index (χ4n) is 2.48. The fraction of sp³-hybridized carbons (Fsp3) is 0.533. The van der Waals surface area contributed by atoms with Gasteiger partial charge in [-0.3, -0.25) is 4.79 Å². The number of hydrogen-bond donors (Lipinski definition) is 2. The smallest absolute Gasteiger partial charge is 0.236 e. The van der Waals surface area contributed by atoms with E-state index in [9.17, 15) is 4.79 Å². The topological polar surface area (TPSA) is 58.4 Å². The fourth-order valence-corrected chi connectivity index (χ4v) is 2.48. The molecule has 104 valence electrons. The SMILES string of the molecule is CCCCN(CC(N)=O)c1ccc2c(c1)NCCC2. The number of fused-ring (bicyclic) bond motifs is 1. The number of nitrogens with one attached hydrogen (secondary N) is 1. The van der Waals surface area contributed by atoms with Gasteiger partial charge in [0.15, 0.2) is 0 Å². The van der Waals surface area contributed by atoms with Crippen LogP contribution in [-0.2, 0) is 11.2 Å². The lowest BCUT2D eigenvalue weighted by Gasteiger charge is -2.26. The Bertz CT molecular complexity index is 445. The Morgan fingerprint density at radius 2 is 2.32 bits per heavy atom. The first kappa shape index (κ1) is 13.7. The van der Waals surface area contributed by atoms with E-state index in [1.54, 1.807) is 0 Å². The van der Waals surface area contributed by atoms with Crippen molar-refractivity contribution in [2.75, 3.05) is 29.9 Å². The van der Waals surface area contributed by atoms with Crippen LogP contribution in [0.1, 0.15) is 31.7 Å². The number of primary amides is 1. The third-order valence-corrected chi connectivity index (χ3v) is 3.53. The molecular formula is C15H23N3O. The largest absolute Gasteiger partial charge is 0.385 e. The van der Waals surface area contributed by atoms with Gasteiger partial charge in [0.1, 0.15) is 0 Å². The first-order valence-corrected chi connectivity index (χ1v) is 7.10. The van der Waals surface area contributed by atoms with Crippen molar-refractivity contribution in [2.24, 2.45) is 5.73 Å². The Morgan fingerprint density at radius 3 is 3.05 bits per heavy atom. The Hall–Kier alpha value is -1.71. The van der Waals surface area contributed by atoms with Gasteiger partial charge in [-0.25, -0.2) is 0 Å². The van der Waals surface area contributed by atoms with Crippen LogP contribution in [0.3, 0.4) is 0 Å². The summed E-state index contributed by atoms with van der Waals surface area (Å²) in [5.74, 6) is -0.276. The van der Waals surface area contributed by atoms with Crippen molar-refractivity contribution in [3.05, 3.63) is 23.8 Å². The molecule has 19 heavy (non-hydrogen) atoms. The molecule has 1 aromatic rings. The van der Waals surface area contributed by atoms with Crippen LogP contribution in [0.2, 0.25) is 0 Å². The second kappa shape index (κ2) is 6.45. The second-order valence-electron chi connectivity index (χ2n) is 5.11. The molecule has 2 rings (SSSR count). The average Bonchev–Trinajstić information content (AvgIpc) is 2.42. The van der Waals surface area contributed by atoms with E-state index >= 15 is 0 Å². The van der Waals surface area contributed by atoms with Crippen LogP contribution >= 0.6 is 0 Å². The molecule has 1 amide bonds. The monoisotopic (exact) mass is 261 g/mol. The Balaban J connectivity index is 2.17. The molecule has 0 spiro atoms. The molecule has 0 saturated carbocycles. The van der Waals surface area contributed by atoms with Crippen molar-refractivity contribution in [3.8, 4) is 0 Å². The number of rotatable bonds is 6.